The normalized spacial score (nSPS) is 9.41. The highest BCUT2D eigenvalue weighted by molar-refractivity contribution is 5.47. The summed E-state index contributed by atoms with van der Waals surface area (Å²) in [6, 6.07) is 10.9. The molecule has 0 aliphatic heterocycles. The maximum Gasteiger partial charge on any atom is 0.256 e. The molecule has 0 saturated heterocycles. The highest BCUT2D eigenvalue weighted by atomic mass is 16.5. The van der Waals surface area contributed by atoms with Gasteiger partial charge in [0.1, 0.15) is 17.4 Å². The van der Waals surface area contributed by atoms with Crippen molar-refractivity contribution >= 4 is 5.69 Å². The zero-order valence-corrected chi connectivity index (χ0v) is 9.21. The van der Waals surface area contributed by atoms with Gasteiger partial charge in [-0.1, -0.05) is 0 Å². The highest BCUT2D eigenvalue weighted by Crippen LogP contribution is 2.22. The number of aromatic nitrogens is 2. The molecule has 2 rings (SSSR count). The van der Waals surface area contributed by atoms with Crippen molar-refractivity contribution < 1.29 is 4.74 Å². The Kier molecular flexibility index (Phi) is 3.17. The first-order valence-electron chi connectivity index (χ1n) is 5.01. The molecule has 2 aromatic rings. The zero-order chi connectivity index (χ0) is 12.1. The van der Waals surface area contributed by atoms with Crippen LogP contribution in [0.3, 0.4) is 0 Å². The molecule has 0 bridgehead atoms. The van der Waals surface area contributed by atoms with E-state index < -0.39 is 0 Å². The van der Waals surface area contributed by atoms with E-state index >= 15 is 0 Å². The van der Waals surface area contributed by atoms with Crippen LogP contribution in [0, 0.1) is 11.3 Å². The van der Waals surface area contributed by atoms with Crippen molar-refractivity contribution in [2.75, 3.05) is 12.4 Å². The van der Waals surface area contributed by atoms with Gasteiger partial charge in [-0.15, -0.1) is 5.10 Å². The van der Waals surface area contributed by atoms with E-state index in [4.69, 9.17) is 10.00 Å². The van der Waals surface area contributed by atoms with Crippen LogP contribution in [0.25, 0.3) is 0 Å². The number of rotatable bonds is 3. The summed E-state index contributed by atoms with van der Waals surface area (Å²) in [5, 5.41) is 19.3. The highest BCUT2D eigenvalue weighted by Gasteiger charge is 2.05. The Morgan fingerprint density at radius 2 is 2.00 bits per heavy atom. The van der Waals surface area contributed by atoms with Crippen LogP contribution in [-0.4, -0.2) is 17.2 Å². The second-order valence-corrected chi connectivity index (χ2v) is 3.24. The van der Waals surface area contributed by atoms with Crippen LogP contribution >= 0.6 is 0 Å². The molecule has 0 spiro atoms. The lowest BCUT2D eigenvalue weighted by molar-refractivity contribution is 0.453. The van der Waals surface area contributed by atoms with Crippen molar-refractivity contribution in [2.45, 2.75) is 0 Å². The number of benzene rings is 1. The maximum atomic E-state index is 8.87. The fraction of sp³-hybridized carbons (Fsp3) is 0.0833. The molecule has 84 valence electrons. The molecule has 0 amide bonds. The van der Waals surface area contributed by atoms with Crippen LogP contribution in [0.1, 0.15) is 5.56 Å². The summed E-state index contributed by atoms with van der Waals surface area (Å²) < 4.78 is 5.48. The van der Waals surface area contributed by atoms with Crippen LogP contribution < -0.4 is 10.1 Å². The van der Waals surface area contributed by atoms with Crippen LogP contribution in [0.2, 0.25) is 0 Å². The van der Waals surface area contributed by atoms with E-state index in [1.54, 1.807) is 18.2 Å². The standard InChI is InChI=1S/C12H10N4O/c1-14-10-2-4-11(5-3-10)17-12-9(8-13)6-7-15-16-12/h2-7,14H,1H3. The van der Waals surface area contributed by atoms with Gasteiger partial charge >= 0.3 is 0 Å². The summed E-state index contributed by atoms with van der Waals surface area (Å²) in [5.74, 6) is 0.827. The smallest absolute Gasteiger partial charge is 0.256 e. The Balaban J connectivity index is 2.23. The average Bonchev–Trinajstić information content (AvgIpc) is 2.40. The minimum atomic E-state index is 0.215. The largest absolute Gasteiger partial charge is 0.437 e. The molecule has 5 heteroatoms. The lowest BCUT2D eigenvalue weighted by atomic mass is 10.3. The van der Waals surface area contributed by atoms with Gasteiger partial charge < -0.3 is 10.1 Å². The second kappa shape index (κ2) is 4.94. The Morgan fingerprint density at radius 3 is 2.65 bits per heavy atom. The van der Waals surface area contributed by atoms with Crippen molar-refractivity contribution in [3.63, 3.8) is 0 Å². The van der Waals surface area contributed by atoms with E-state index in [9.17, 15) is 0 Å². The fourth-order valence-corrected chi connectivity index (χ4v) is 1.28. The molecule has 1 aromatic carbocycles. The van der Waals surface area contributed by atoms with E-state index in [-0.39, 0.29) is 5.88 Å². The van der Waals surface area contributed by atoms with Crippen LogP contribution in [0.4, 0.5) is 5.69 Å². The molecule has 0 aliphatic carbocycles. The van der Waals surface area contributed by atoms with Gasteiger partial charge in [0.25, 0.3) is 5.88 Å². The summed E-state index contributed by atoms with van der Waals surface area (Å²) >= 11 is 0. The third-order valence-electron chi connectivity index (χ3n) is 2.16. The summed E-state index contributed by atoms with van der Waals surface area (Å²) in [5.41, 5.74) is 1.34. The molecule has 0 aliphatic rings. The summed E-state index contributed by atoms with van der Waals surface area (Å²) in [7, 11) is 1.84. The topological polar surface area (TPSA) is 70.8 Å². The predicted molar refractivity (Wildman–Crippen MR) is 62.8 cm³/mol. The van der Waals surface area contributed by atoms with Crippen molar-refractivity contribution in [3.05, 3.63) is 42.1 Å². The van der Waals surface area contributed by atoms with Crippen molar-refractivity contribution in [3.8, 4) is 17.7 Å². The van der Waals surface area contributed by atoms with Crippen molar-refractivity contribution in [1.29, 1.82) is 5.26 Å². The van der Waals surface area contributed by atoms with E-state index in [0.29, 0.717) is 11.3 Å². The van der Waals surface area contributed by atoms with Crippen LogP contribution in [0.15, 0.2) is 36.5 Å². The van der Waals surface area contributed by atoms with Gasteiger partial charge in [0, 0.05) is 12.7 Å². The van der Waals surface area contributed by atoms with E-state index in [1.807, 2.05) is 25.2 Å². The third kappa shape index (κ3) is 2.49. The Bertz CT molecular complexity index is 545. The van der Waals surface area contributed by atoms with E-state index in [0.717, 1.165) is 5.69 Å². The SMILES string of the molecule is CNc1ccc(Oc2nnccc2C#N)cc1. The molecule has 17 heavy (non-hydrogen) atoms. The molecule has 1 heterocycles. The third-order valence-corrected chi connectivity index (χ3v) is 2.16. The van der Waals surface area contributed by atoms with Crippen LogP contribution in [0.5, 0.6) is 11.6 Å². The predicted octanol–water partition coefficient (Wildman–Crippen LogP) is 2.18. The number of nitrogens with zero attached hydrogens (tertiary/aromatic N) is 3. The average molecular weight is 226 g/mol. The Morgan fingerprint density at radius 1 is 1.24 bits per heavy atom. The van der Waals surface area contributed by atoms with Gasteiger partial charge in [0.15, 0.2) is 0 Å². The summed E-state index contributed by atoms with van der Waals surface area (Å²) in [6.07, 6.45) is 1.45. The molecular weight excluding hydrogens is 216 g/mol. The fourth-order valence-electron chi connectivity index (χ4n) is 1.28. The summed E-state index contributed by atoms with van der Waals surface area (Å²) in [6.45, 7) is 0. The number of hydrogen-bond donors (Lipinski definition) is 1. The first-order valence-corrected chi connectivity index (χ1v) is 5.01. The molecule has 0 saturated carbocycles. The van der Waals surface area contributed by atoms with Gasteiger partial charge in [-0.2, -0.15) is 10.4 Å². The number of nitriles is 1. The minimum absolute atomic E-state index is 0.215. The minimum Gasteiger partial charge on any atom is -0.437 e. The molecule has 1 aromatic heterocycles. The van der Waals surface area contributed by atoms with Gasteiger partial charge in [0.05, 0.1) is 6.20 Å². The maximum absolute atomic E-state index is 8.87. The van der Waals surface area contributed by atoms with Crippen LogP contribution in [-0.2, 0) is 0 Å². The van der Waals surface area contributed by atoms with Gasteiger partial charge in [-0.05, 0) is 30.3 Å². The number of hydrogen-bond acceptors (Lipinski definition) is 5. The summed E-state index contributed by atoms with van der Waals surface area (Å²) in [4.78, 5) is 0. The molecular formula is C12H10N4O. The molecule has 1 N–H and O–H groups in total. The van der Waals surface area contributed by atoms with Gasteiger partial charge in [-0.25, -0.2) is 0 Å². The lowest BCUT2D eigenvalue weighted by Gasteiger charge is -2.05. The first kappa shape index (κ1) is 10.9. The van der Waals surface area contributed by atoms with Gasteiger partial charge in [0.2, 0.25) is 0 Å². The van der Waals surface area contributed by atoms with Crippen molar-refractivity contribution in [1.82, 2.24) is 10.2 Å². The molecule has 0 unspecified atom stereocenters. The van der Waals surface area contributed by atoms with Gasteiger partial charge in [-0.3, -0.25) is 0 Å². The molecule has 0 fully saturated rings. The number of anilines is 1. The Hall–Kier alpha value is -2.61. The monoisotopic (exact) mass is 226 g/mol. The number of ether oxygens (including phenoxy) is 1. The van der Waals surface area contributed by atoms with E-state index in [2.05, 4.69) is 15.5 Å². The first-order chi connectivity index (χ1) is 8.33. The van der Waals surface area contributed by atoms with E-state index in [1.165, 1.54) is 6.20 Å². The molecule has 5 nitrogen and oxygen atoms in total. The molecule has 0 radical (unpaired) electrons. The molecule has 0 atom stereocenters. The lowest BCUT2D eigenvalue weighted by Crippen LogP contribution is -1.94. The Labute approximate surface area is 98.7 Å². The number of nitrogens with one attached hydrogen (secondary N) is 1. The van der Waals surface area contributed by atoms with Crippen molar-refractivity contribution in [2.24, 2.45) is 0 Å². The quantitative estimate of drug-likeness (QED) is 0.868. The zero-order valence-electron chi connectivity index (χ0n) is 9.21. The second-order valence-electron chi connectivity index (χ2n) is 3.24.